The number of nitrogens with one attached hydrogen (secondary N) is 2. The van der Waals surface area contributed by atoms with E-state index in [0.717, 1.165) is 35.5 Å². The summed E-state index contributed by atoms with van der Waals surface area (Å²) in [5.74, 6) is 1.78. The predicted molar refractivity (Wildman–Crippen MR) is 114 cm³/mol. The van der Waals surface area contributed by atoms with Gasteiger partial charge in [0.05, 0.1) is 12.2 Å². The van der Waals surface area contributed by atoms with Gasteiger partial charge in [0.15, 0.2) is 5.96 Å². The van der Waals surface area contributed by atoms with Crippen molar-refractivity contribution in [2.24, 2.45) is 12.0 Å². The molecule has 0 aliphatic carbocycles. The van der Waals surface area contributed by atoms with Gasteiger partial charge < -0.3 is 10.6 Å². The molecule has 0 aliphatic rings. The summed E-state index contributed by atoms with van der Waals surface area (Å²) in [5.41, 5.74) is 1.08. The van der Waals surface area contributed by atoms with Crippen molar-refractivity contribution in [2.45, 2.75) is 18.4 Å². The fourth-order valence-electron chi connectivity index (χ4n) is 1.93. The lowest BCUT2D eigenvalue weighted by Gasteiger charge is -2.11. The average molecular weight is 480 g/mol. The van der Waals surface area contributed by atoms with E-state index in [1.165, 1.54) is 4.90 Å². The van der Waals surface area contributed by atoms with Crippen LogP contribution in [-0.4, -0.2) is 34.6 Å². The first-order valence-electron chi connectivity index (χ1n) is 7.56. The monoisotopic (exact) mass is 479 g/mol. The summed E-state index contributed by atoms with van der Waals surface area (Å²) in [7, 11) is 1.92. The van der Waals surface area contributed by atoms with Crippen LogP contribution in [0.4, 0.5) is 0 Å². The molecule has 0 atom stereocenters. The van der Waals surface area contributed by atoms with E-state index in [2.05, 4.69) is 27.6 Å². The van der Waals surface area contributed by atoms with Gasteiger partial charge >= 0.3 is 0 Å². The summed E-state index contributed by atoms with van der Waals surface area (Å²) in [6, 6.07) is 9.88. The lowest BCUT2D eigenvalue weighted by Crippen LogP contribution is -2.38. The number of aliphatic imine (C=N–C) groups is 1. The van der Waals surface area contributed by atoms with Gasteiger partial charge in [-0.1, -0.05) is 11.6 Å². The second kappa shape index (κ2) is 11.6. The maximum atomic E-state index is 5.89. The Balaban J connectivity index is 0.00000288. The van der Waals surface area contributed by atoms with Crippen LogP contribution in [0.5, 0.6) is 0 Å². The zero-order chi connectivity index (χ0) is 16.5. The zero-order valence-corrected chi connectivity index (χ0v) is 17.7. The third-order valence-corrected chi connectivity index (χ3v) is 4.41. The summed E-state index contributed by atoms with van der Waals surface area (Å²) in [4.78, 5) is 5.80. The van der Waals surface area contributed by atoms with Crippen LogP contribution in [0.3, 0.4) is 0 Å². The molecule has 8 heteroatoms. The lowest BCUT2D eigenvalue weighted by molar-refractivity contribution is 0.708. The maximum Gasteiger partial charge on any atom is 0.191 e. The van der Waals surface area contributed by atoms with Gasteiger partial charge in [-0.25, -0.2) is 4.99 Å². The molecule has 0 unspecified atom stereocenters. The van der Waals surface area contributed by atoms with Crippen molar-refractivity contribution in [1.82, 2.24) is 20.4 Å². The number of nitrogens with zero attached hydrogens (tertiary/aromatic N) is 3. The minimum absolute atomic E-state index is 0. The Morgan fingerprint density at radius 1 is 1.25 bits per heavy atom. The van der Waals surface area contributed by atoms with E-state index in [4.69, 9.17) is 11.6 Å². The highest BCUT2D eigenvalue weighted by atomic mass is 127. The van der Waals surface area contributed by atoms with Crippen LogP contribution >= 0.6 is 47.3 Å². The number of hydrogen-bond donors (Lipinski definition) is 2. The van der Waals surface area contributed by atoms with E-state index < -0.39 is 0 Å². The number of halogens is 2. The first-order chi connectivity index (χ1) is 11.2. The van der Waals surface area contributed by atoms with E-state index in [1.54, 1.807) is 18.0 Å². The molecule has 1 aromatic heterocycles. The summed E-state index contributed by atoms with van der Waals surface area (Å²) < 4.78 is 1.84. The maximum absolute atomic E-state index is 5.89. The van der Waals surface area contributed by atoms with Crippen LogP contribution in [0.15, 0.2) is 46.4 Å². The third-order valence-electron chi connectivity index (χ3n) is 3.14. The standard InChI is InChI=1S/C16H22ClN5S.HI/c1-3-18-16(20-12-14-8-9-21-22(14)2)19-10-11-23-15-6-4-13(17)5-7-15;/h4-9H,3,10-12H2,1-2H3,(H2,18,19,20);1H. The molecule has 5 nitrogen and oxygen atoms in total. The number of aryl methyl sites for hydroxylation is 1. The normalized spacial score (nSPS) is 11.0. The van der Waals surface area contributed by atoms with E-state index >= 15 is 0 Å². The molecule has 2 rings (SSSR count). The predicted octanol–water partition coefficient (Wildman–Crippen LogP) is 3.54. The van der Waals surface area contributed by atoms with E-state index in [0.29, 0.717) is 6.54 Å². The van der Waals surface area contributed by atoms with Gasteiger partial charge in [0.25, 0.3) is 0 Å². The fraction of sp³-hybridized carbons (Fsp3) is 0.375. The number of thioether (sulfide) groups is 1. The van der Waals surface area contributed by atoms with Gasteiger partial charge in [0, 0.05) is 42.0 Å². The van der Waals surface area contributed by atoms with Crippen molar-refractivity contribution in [3.8, 4) is 0 Å². The molecule has 0 saturated heterocycles. The highest BCUT2D eigenvalue weighted by Gasteiger charge is 2.00. The second-order valence-electron chi connectivity index (χ2n) is 4.87. The molecule has 132 valence electrons. The van der Waals surface area contributed by atoms with Crippen molar-refractivity contribution in [3.05, 3.63) is 47.2 Å². The van der Waals surface area contributed by atoms with Crippen LogP contribution in [0.25, 0.3) is 0 Å². The Labute approximate surface area is 169 Å². The summed E-state index contributed by atoms with van der Waals surface area (Å²) >= 11 is 7.68. The molecule has 1 aromatic carbocycles. The number of rotatable bonds is 7. The van der Waals surface area contributed by atoms with E-state index in [-0.39, 0.29) is 24.0 Å². The van der Waals surface area contributed by atoms with Crippen molar-refractivity contribution in [2.75, 3.05) is 18.8 Å². The molecule has 0 aliphatic heterocycles. The topological polar surface area (TPSA) is 54.2 Å². The largest absolute Gasteiger partial charge is 0.357 e. The second-order valence-corrected chi connectivity index (χ2v) is 6.48. The minimum atomic E-state index is 0. The summed E-state index contributed by atoms with van der Waals surface area (Å²) in [5, 5.41) is 11.5. The van der Waals surface area contributed by atoms with Crippen LogP contribution in [0.2, 0.25) is 5.02 Å². The van der Waals surface area contributed by atoms with E-state index in [9.17, 15) is 0 Å². The highest BCUT2D eigenvalue weighted by molar-refractivity contribution is 14.0. The SMILES string of the molecule is CCNC(=NCc1ccnn1C)NCCSc1ccc(Cl)cc1.I. The van der Waals surface area contributed by atoms with E-state index in [1.807, 2.05) is 42.1 Å². The molecule has 0 bridgehead atoms. The number of hydrogen-bond acceptors (Lipinski definition) is 3. The molecule has 24 heavy (non-hydrogen) atoms. The Morgan fingerprint density at radius 2 is 2.00 bits per heavy atom. The minimum Gasteiger partial charge on any atom is -0.357 e. The van der Waals surface area contributed by atoms with Crippen molar-refractivity contribution in [1.29, 1.82) is 0 Å². The Kier molecular flexibility index (Phi) is 10.2. The molecule has 0 radical (unpaired) electrons. The molecular weight excluding hydrogens is 457 g/mol. The highest BCUT2D eigenvalue weighted by Crippen LogP contribution is 2.19. The Hall–Kier alpha value is -0.930. The van der Waals surface area contributed by atoms with Gasteiger partial charge in [-0.3, -0.25) is 4.68 Å². The van der Waals surface area contributed by atoms with Gasteiger partial charge in [-0.05, 0) is 37.3 Å². The van der Waals surface area contributed by atoms with Gasteiger partial charge in [-0.15, -0.1) is 35.7 Å². The first-order valence-corrected chi connectivity index (χ1v) is 8.93. The molecule has 0 amide bonds. The number of guanidine groups is 1. The molecule has 1 heterocycles. The number of benzene rings is 1. The van der Waals surface area contributed by atoms with Gasteiger partial charge in [0.2, 0.25) is 0 Å². The quantitative estimate of drug-likeness (QED) is 0.210. The Bertz CT molecular complexity index is 630. The first kappa shape index (κ1) is 21.1. The molecule has 0 spiro atoms. The smallest absolute Gasteiger partial charge is 0.191 e. The lowest BCUT2D eigenvalue weighted by atomic mass is 10.4. The molecule has 0 saturated carbocycles. The van der Waals surface area contributed by atoms with Crippen molar-refractivity contribution < 1.29 is 0 Å². The van der Waals surface area contributed by atoms with Crippen LogP contribution in [-0.2, 0) is 13.6 Å². The molecular formula is C16H23ClIN5S. The molecule has 0 fully saturated rings. The molecule has 2 N–H and O–H groups in total. The fourth-order valence-corrected chi connectivity index (χ4v) is 2.82. The molecule has 2 aromatic rings. The zero-order valence-electron chi connectivity index (χ0n) is 13.8. The number of aromatic nitrogens is 2. The third kappa shape index (κ3) is 7.31. The summed E-state index contributed by atoms with van der Waals surface area (Å²) in [6.07, 6.45) is 1.79. The van der Waals surface area contributed by atoms with Crippen molar-refractivity contribution in [3.63, 3.8) is 0 Å². The summed E-state index contributed by atoms with van der Waals surface area (Å²) in [6.45, 7) is 4.34. The van der Waals surface area contributed by atoms with Crippen LogP contribution in [0.1, 0.15) is 12.6 Å². The van der Waals surface area contributed by atoms with Crippen LogP contribution in [0, 0.1) is 0 Å². The van der Waals surface area contributed by atoms with Crippen LogP contribution < -0.4 is 10.6 Å². The van der Waals surface area contributed by atoms with Gasteiger partial charge in [0.1, 0.15) is 0 Å². The van der Waals surface area contributed by atoms with Crippen molar-refractivity contribution >= 4 is 53.3 Å². The van der Waals surface area contributed by atoms with Gasteiger partial charge in [-0.2, -0.15) is 5.10 Å². The average Bonchev–Trinajstić information content (AvgIpc) is 2.96. The Morgan fingerprint density at radius 3 is 2.62 bits per heavy atom.